The molecule has 3 unspecified atom stereocenters. The van der Waals surface area contributed by atoms with Crippen molar-refractivity contribution in [2.24, 2.45) is 5.92 Å². The molecule has 1 aliphatic rings. The highest BCUT2D eigenvalue weighted by molar-refractivity contribution is 4.80. The first-order chi connectivity index (χ1) is 7.17. The Morgan fingerprint density at radius 1 is 1.33 bits per heavy atom. The van der Waals surface area contributed by atoms with Gasteiger partial charge in [0, 0.05) is 25.2 Å². The van der Waals surface area contributed by atoms with E-state index in [-0.39, 0.29) is 0 Å². The summed E-state index contributed by atoms with van der Waals surface area (Å²) in [5, 5.41) is 3.44. The predicted molar refractivity (Wildman–Crippen MR) is 67.2 cm³/mol. The normalized spacial score (nSPS) is 30.4. The molecule has 0 saturated carbocycles. The number of rotatable bonds is 5. The van der Waals surface area contributed by atoms with Crippen LogP contribution < -0.4 is 5.32 Å². The van der Waals surface area contributed by atoms with Crippen molar-refractivity contribution >= 4 is 0 Å². The summed E-state index contributed by atoms with van der Waals surface area (Å²) in [6.45, 7) is 9.56. The zero-order valence-electron chi connectivity index (χ0n) is 10.9. The Kier molecular flexibility index (Phi) is 5.62. The van der Waals surface area contributed by atoms with E-state index in [4.69, 9.17) is 0 Å². The van der Waals surface area contributed by atoms with Crippen molar-refractivity contribution < 1.29 is 0 Å². The van der Waals surface area contributed by atoms with Gasteiger partial charge >= 0.3 is 0 Å². The number of likely N-dealkylation sites (tertiary alicyclic amines) is 1. The van der Waals surface area contributed by atoms with E-state index in [0.717, 1.165) is 12.0 Å². The minimum Gasteiger partial charge on any atom is -0.316 e. The van der Waals surface area contributed by atoms with E-state index in [2.05, 4.69) is 38.0 Å². The average Bonchev–Trinajstić information content (AvgIpc) is 2.22. The molecule has 1 heterocycles. The molecule has 0 amide bonds. The van der Waals surface area contributed by atoms with E-state index in [1.807, 2.05) is 0 Å². The number of nitrogens with zero attached hydrogens (tertiary/aromatic N) is 1. The Balaban J connectivity index is 2.39. The topological polar surface area (TPSA) is 15.3 Å². The predicted octanol–water partition coefficient (Wildman–Crippen LogP) is 2.49. The SMILES string of the molecule is CCCC(CN1CC(C)CCC1C)NC. The molecule has 0 aromatic rings. The summed E-state index contributed by atoms with van der Waals surface area (Å²) in [4.78, 5) is 2.67. The summed E-state index contributed by atoms with van der Waals surface area (Å²) in [7, 11) is 2.10. The zero-order valence-corrected chi connectivity index (χ0v) is 10.9. The third kappa shape index (κ3) is 4.12. The van der Waals surface area contributed by atoms with Crippen molar-refractivity contribution in [3.63, 3.8) is 0 Å². The largest absolute Gasteiger partial charge is 0.316 e. The summed E-state index contributed by atoms with van der Waals surface area (Å²) in [5.74, 6) is 0.889. The Morgan fingerprint density at radius 2 is 2.07 bits per heavy atom. The van der Waals surface area contributed by atoms with Gasteiger partial charge in [0.25, 0.3) is 0 Å². The second kappa shape index (κ2) is 6.49. The monoisotopic (exact) mass is 212 g/mol. The van der Waals surface area contributed by atoms with Gasteiger partial charge in [-0.05, 0) is 39.2 Å². The summed E-state index contributed by atoms with van der Waals surface area (Å²) in [5.41, 5.74) is 0. The van der Waals surface area contributed by atoms with Crippen LogP contribution in [0.2, 0.25) is 0 Å². The van der Waals surface area contributed by atoms with Crippen molar-refractivity contribution in [1.29, 1.82) is 0 Å². The molecule has 1 aliphatic heterocycles. The minimum atomic E-state index is 0.683. The van der Waals surface area contributed by atoms with Gasteiger partial charge in [-0.1, -0.05) is 20.3 Å². The van der Waals surface area contributed by atoms with Crippen LogP contribution in [-0.4, -0.2) is 37.1 Å². The van der Waals surface area contributed by atoms with Crippen LogP contribution in [0.15, 0.2) is 0 Å². The maximum atomic E-state index is 3.44. The van der Waals surface area contributed by atoms with E-state index in [9.17, 15) is 0 Å². The highest BCUT2D eigenvalue weighted by Crippen LogP contribution is 2.21. The van der Waals surface area contributed by atoms with E-state index >= 15 is 0 Å². The molecule has 0 aromatic heterocycles. The number of hydrogen-bond acceptors (Lipinski definition) is 2. The minimum absolute atomic E-state index is 0.683. The first-order valence-electron chi connectivity index (χ1n) is 6.58. The molecule has 3 atom stereocenters. The van der Waals surface area contributed by atoms with Crippen LogP contribution in [-0.2, 0) is 0 Å². The lowest BCUT2D eigenvalue weighted by atomic mass is 9.94. The van der Waals surface area contributed by atoms with Gasteiger partial charge in [-0.15, -0.1) is 0 Å². The van der Waals surface area contributed by atoms with Gasteiger partial charge in [0.1, 0.15) is 0 Å². The fourth-order valence-electron chi connectivity index (χ4n) is 2.59. The summed E-state index contributed by atoms with van der Waals surface area (Å²) in [6.07, 6.45) is 5.37. The molecule has 1 saturated heterocycles. The molecule has 0 aliphatic carbocycles. The summed E-state index contributed by atoms with van der Waals surface area (Å²) in [6, 6.07) is 1.47. The lowest BCUT2D eigenvalue weighted by Gasteiger charge is -2.38. The first kappa shape index (κ1) is 13.0. The molecule has 2 nitrogen and oxygen atoms in total. The average molecular weight is 212 g/mol. The van der Waals surface area contributed by atoms with E-state index in [0.29, 0.717) is 6.04 Å². The first-order valence-corrected chi connectivity index (χ1v) is 6.58. The third-order valence-corrected chi connectivity index (χ3v) is 3.75. The Labute approximate surface area is 95.4 Å². The van der Waals surface area contributed by atoms with Crippen LogP contribution in [0.25, 0.3) is 0 Å². The number of hydrogen-bond donors (Lipinski definition) is 1. The molecule has 1 rings (SSSR count). The molecule has 0 aromatic carbocycles. The van der Waals surface area contributed by atoms with Crippen molar-refractivity contribution in [2.75, 3.05) is 20.1 Å². The van der Waals surface area contributed by atoms with E-state index < -0.39 is 0 Å². The molecular formula is C13H28N2. The molecular weight excluding hydrogens is 184 g/mol. The molecule has 90 valence electrons. The molecule has 0 radical (unpaired) electrons. The van der Waals surface area contributed by atoms with Crippen molar-refractivity contribution in [3.05, 3.63) is 0 Å². The van der Waals surface area contributed by atoms with Gasteiger partial charge in [0.15, 0.2) is 0 Å². The number of piperidine rings is 1. The van der Waals surface area contributed by atoms with Crippen LogP contribution in [0.5, 0.6) is 0 Å². The number of likely N-dealkylation sites (N-methyl/N-ethyl adjacent to an activating group) is 1. The lowest BCUT2D eigenvalue weighted by molar-refractivity contribution is 0.111. The van der Waals surface area contributed by atoms with Gasteiger partial charge in [-0.2, -0.15) is 0 Å². The van der Waals surface area contributed by atoms with Crippen molar-refractivity contribution in [2.45, 2.75) is 58.5 Å². The van der Waals surface area contributed by atoms with E-state index in [1.165, 1.54) is 38.8 Å². The van der Waals surface area contributed by atoms with Crippen LogP contribution in [0.4, 0.5) is 0 Å². The fraction of sp³-hybridized carbons (Fsp3) is 1.00. The standard InChI is InChI=1S/C13H28N2/c1-5-6-13(14-4)10-15-9-11(2)7-8-12(15)3/h11-14H,5-10H2,1-4H3. The second-order valence-corrected chi connectivity index (χ2v) is 5.26. The zero-order chi connectivity index (χ0) is 11.3. The molecule has 2 heteroatoms. The quantitative estimate of drug-likeness (QED) is 0.753. The van der Waals surface area contributed by atoms with Gasteiger partial charge in [-0.25, -0.2) is 0 Å². The number of nitrogens with one attached hydrogen (secondary N) is 1. The van der Waals surface area contributed by atoms with Gasteiger partial charge in [0.2, 0.25) is 0 Å². The van der Waals surface area contributed by atoms with Crippen LogP contribution in [0, 0.1) is 5.92 Å². The smallest absolute Gasteiger partial charge is 0.0192 e. The van der Waals surface area contributed by atoms with Crippen LogP contribution in [0.1, 0.15) is 46.5 Å². The fourth-order valence-corrected chi connectivity index (χ4v) is 2.59. The summed E-state index contributed by atoms with van der Waals surface area (Å²) >= 11 is 0. The van der Waals surface area contributed by atoms with Crippen LogP contribution >= 0.6 is 0 Å². The molecule has 0 spiro atoms. The molecule has 1 N–H and O–H groups in total. The highest BCUT2D eigenvalue weighted by Gasteiger charge is 2.24. The maximum absolute atomic E-state index is 3.44. The van der Waals surface area contributed by atoms with Crippen LogP contribution in [0.3, 0.4) is 0 Å². The van der Waals surface area contributed by atoms with Gasteiger partial charge in [0.05, 0.1) is 0 Å². The maximum Gasteiger partial charge on any atom is 0.0192 e. The van der Waals surface area contributed by atoms with Gasteiger partial charge in [-0.3, -0.25) is 4.90 Å². The Bertz CT molecular complexity index is 170. The molecule has 0 bridgehead atoms. The Morgan fingerprint density at radius 3 is 2.67 bits per heavy atom. The van der Waals surface area contributed by atoms with Crippen molar-refractivity contribution in [1.82, 2.24) is 10.2 Å². The van der Waals surface area contributed by atoms with Crippen molar-refractivity contribution in [3.8, 4) is 0 Å². The lowest BCUT2D eigenvalue weighted by Crippen LogP contribution is -2.47. The third-order valence-electron chi connectivity index (χ3n) is 3.75. The Hall–Kier alpha value is -0.0800. The highest BCUT2D eigenvalue weighted by atomic mass is 15.2. The summed E-state index contributed by atoms with van der Waals surface area (Å²) < 4.78 is 0. The molecule has 15 heavy (non-hydrogen) atoms. The molecule has 1 fully saturated rings. The van der Waals surface area contributed by atoms with Gasteiger partial charge < -0.3 is 5.32 Å². The van der Waals surface area contributed by atoms with E-state index in [1.54, 1.807) is 0 Å². The second-order valence-electron chi connectivity index (χ2n) is 5.26.